The summed E-state index contributed by atoms with van der Waals surface area (Å²) >= 11 is 1.62. The van der Waals surface area contributed by atoms with Crippen molar-refractivity contribution in [1.82, 2.24) is 5.32 Å². The highest BCUT2D eigenvalue weighted by Gasteiger charge is 2.31. The van der Waals surface area contributed by atoms with Crippen LogP contribution >= 0.6 is 11.8 Å². The summed E-state index contributed by atoms with van der Waals surface area (Å²) in [6, 6.07) is 9.47. The Kier molecular flexibility index (Phi) is 3.15. The van der Waals surface area contributed by atoms with Gasteiger partial charge in [0.25, 0.3) is 5.91 Å². The van der Waals surface area contributed by atoms with E-state index in [1.54, 1.807) is 23.9 Å². The third kappa shape index (κ3) is 2.31. The van der Waals surface area contributed by atoms with Crippen molar-refractivity contribution in [2.45, 2.75) is 17.7 Å². The molecule has 2 atom stereocenters. The molecular weight excluding hydrogens is 246 g/mol. The van der Waals surface area contributed by atoms with Crippen LogP contribution in [0.3, 0.4) is 0 Å². The number of nitrogens with zero attached hydrogens (tertiary/aromatic N) is 2. The van der Waals surface area contributed by atoms with Crippen molar-refractivity contribution in [2.24, 2.45) is 9.98 Å². The van der Waals surface area contributed by atoms with Crippen LogP contribution in [0, 0.1) is 0 Å². The third-order valence-electron chi connectivity index (χ3n) is 2.99. The van der Waals surface area contributed by atoms with E-state index in [0.29, 0.717) is 10.8 Å². The molecule has 2 unspecified atom stereocenters. The lowest BCUT2D eigenvalue weighted by Crippen LogP contribution is -2.27. The molecule has 4 nitrogen and oxygen atoms in total. The highest BCUT2D eigenvalue weighted by molar-refractivity contribution is 8.14. The maximum Gasteiger partial charge on any atom is 0.257 e. The molecule has 0 aromatic heterocycles. The lowest BCUT2D eigenvalue weighted by molar-refractivity contribution is 0.0978. The molecule has 3 rings (SSSR count). The van der Waals surface area contributed by atoms with Gasteiger partial charge in [-0.15, -0.1) is 0 Å². The van der Waals surface area contributed by atoms with Crippen LogP contribution in [-0.4, -0.2) is 35.1 Å². The predicted octanol–water partition coefficient (Wildman–Crippen LogP) is 1.73. The first-order chi connectivity index (χ1) is 8.83. The molecule has 0 radical (unpaired) electrons. The molecule has 18 heavy (non-hydrogen) atoms. The van der Waals surface area contributed by atoms with E-state index in [2.05, 4.69) is 15.3 Å². The molecule has 1 amide bonds. The van der Waals surface area contributed by atoms with Crippen LogP contribution in [0.4, 0.5) is 0 Å². The molecule has 0 fully saturated rings. The van der Waals surface area contributed by atoms with E-state index >= 15 is 0 Å². The van der Waals surface area contributed by atoms with E-state index in [1.165, 1.54) is 0 Å². The van der Waals surface area contributed by atoms with Gasteiger partial charge in [0.1, 0.15) is 0 Å². The van der Waals surface area contributed by atoms with Crippen LogP contribution < -0.4 is 5.32 Å². The number of amides is 1. The maximum absolute atomic E-state index is 12.0. The van der Waals surface area contributed by atoms with Crippen molar-refractivity contribution >= 4 is 29.1 Å². The van der Waals surface area contributed by atoms with E-state index in [0.717, 1.165) is 18.1 Å². The second-order valence-corrected chi connectivity index (χ2v) is 5.49. The highest BCUT2D eigenvalue weighted by atomic mass is 32.2. The Balaban J connectivity index is 1.66. The van der Waals surface area contributed by atoms with Crippen LogP contribution in [0.5, 0.6) is 0 Å². The maximum atomic E-state index is 12.0. The molecule has 1 N–H and O–H groups in total. The average Bonchev–Trinajstić information content (AvgIpc) is 2.82. The topological polar surface area (TPSA) is 53.8 Å². The monoisotopic (exact) mass is 259 g/mol. The fourth-order valence-corrected chi connectivity index (χ4v) is 3.16. The molecule has 0 bridgehead atoms. The number of hydrogen-bond acceptors (Lipinski definition) is 4. The van der Waals surface area contributed by atoms with Crippen molar-refractivity contribution in [3.63, 3.8) is 0 Å². The minimum Gasteiger partial charge on any atom is -0.301 e. The minimum atomic E-state index is -0.0959. The first-order valence-electron chi connectivity index (χ1n) is 5.92. The summed E-state index contributed by atoms with van der Waals surface area (Å²) in [4.78, 5) is 20.8. The van der Waals surface area contributed by atoms with Crippen molar-refractivity contribution < 1.29 is 4.79 Å². The number of hydrogen-bond donors (Lipinski definition) is 1. The lowest BCUT2D eigenvalue weighted by atomic mass is 10.1. The summed E-state index contributed by atoms with van der Waals surface area (Å²) in [6.07, 6.45) is 2.80. The second-order valence-electron chi connectivity index (χ2n) is 4.26. The first-order valence-corrected chi connectivity index (χ1v) is 6.80. The van der Waals surface area contributed by atoms with Crippen LogP contribution in [-0.2, 0) is 0 Å². The summed E-state index contributed by atoms with van der Waals surface area (Å²) in [5.41, 5.74) is 0.659. The van der Waals surface area contributed by atoms with Gasteiger partial charge in [-0.1, -0.05) is 30.0 Å². The quantitative estimate of drug-likeness (QED) is 0.835. The van der Waals surface area contributed by atoms with Gasteiger partial charge in [0.2, 0.25) is 0 Å². The van der Waals surface area contributed by atoms with Gasteiger partial charge in [-0.2, -0.15) is 0 Å². The van der Waals surface area contributed by atoms with Gasteiger partial charge in [-0.05, 0) is 12.1 Å². The summed E-state index contributed by atoms with van der Waals surface area (Å²) < 4.78 is 0. The SMILES string of the molecule is O=C(NC1=NC2CC=NCC2S1)c1ccccc1. The number of rotatable bonds is 1. The fraction of sp³-hybridized carbons (Fsp3) is 0.308. The number of fused-ring (bicyclic) bond motifs is 1. The number of benzene rings is 1. The highest BCUT2D eigenvalue weighted by Crippen LogP contribution is 2.29. The number of carbonyl (C=O) groups excluding carboxylic acids is 1. The zero-order chi connectivity index (χ0) is 12.4. The normalized spacial score (nSPS) is 25.4. The van der Waals surface area contributed by atoms with Crippen molar-refractivity contribution in [3.05, 3.63) is 35.9 Å². The third-order valence-corrected chi connectivity index (χ3v) is 4.19. The smallest absolute Gasteiger partial charge is 0.257 e. The first kappa shape index (κ1) is 11.5. The summed E-state index contributed by atoms with van der Waals surface area (Å²) in [6.45, 7) is 0.795. The van der Waals surface area contributed by atoms with E-state index < -0.39 is 0 Å². The zero-order valence-corrected chi connectivity index (χ0v) is 10.6. The molecule has 1 aromatic carbocycles. The molecule has 0 aliphatic carbocycles. The van der Waals surface area contributed by atoms with Gasteiger partial charge in [-0.25, -0.2) is 0 Å². The molecule has 2 aliphatic heterocycles. The number of amidine groups is 1. The van der Waals surface area contributed by atoms with Gasteiger partial charge in [0.15, 0.2) is 5.17 Å². The zero-order valence-electron chi connectivity index (χ0n) is 9.74. The van der Waals surface area contributed by atoms with Crippen LogP contribution in [0.1, 0.15) is 16.8 Å². The Morgan fingerprint density at radius 3 is 2.94 bits per heavy atom. The van der Waals surface area contributed by atoms with Crippen LogP contribution in [0.2, 0.25) is 0 Å². The molecule has 92 valence electrons. The lowest BCUT2D eigenvalue weighted by Gasteiger charge is -2.16. The Morgan fingerprint density at radius 1 is 1.33 bits per heavy atom. The van der Waals surface area contributed by atoms with E-state index in [9.17, 15) is 4.79 Å². The van der Waals surface area contributed by atoms with Crippen molar-refractivity contribution in [3.8, 4) is 0 Å². The van der Waals surface area contributed by atoms with E-state index in [1.807, 2.05) is 24.4 Å². The van der Waals surface area contributed by atoms with E-state index in [4.69, 9.17) is 0 Å². The minimum absolute atomic E-state index is 0.0959. The molecule has 2 aliphatic rings. The molecular formula is C13H13N3OS. The van der Waals surface area contributed by atoms with Gasteiger partial charge < -0.3 is 5.32 Å². The molecule has 2 heterocycles. The fourth-order valence-electron chi connectivity index (χ4n) is 2.03. The Morgan fingerprint density at radius 2 is 2.17 bits per heavy atom. The molecule has 0 saturated heterocycles. The van der Waals surface area contributed by atoms with Gasteiger partial charge in [-0.3, -0.25) is 14.8 Å². The van der Waals surface area contributed by atoms with Crippen molar-refractivity contribution in [2.75, 3.05) is 6.54 Å². The standard InChI is InChI=1S/C13H13N3OS/c17-12(9-4-2-1-3-5-9)16-13-15-10-6-7-14-8-11(10)18-13/h1-5,7,10-11H,6,8H2,(H,15,16,17). The number of nitrogens with one attached hydrogen (secondary N) is 1. The van der Waals surface area contributed by atoms with Crippen molar-refractivity contribution in [1.29, 1.82) is 0 Å². The summed E-state index contributed by atoms with van der Waals surface area (Å²) in [5.74, 6) is -0.0959. The molecule has 0 saturated carbocycles. The number of carbonyl (C=O) groups is 1. The molecule has 1 aromatic rings. The van der Waals surface area contributed by atoms with Gasteiger partial charge in [0.05, 0.1) is 17.8 Å². The van der Waals surface area contributed by atoms with Crippen LogP contribution in [0.25, 0.3) is 0 Å². The predicted molar refractivity (Wildman–Crippen MR) is 74.5 cm³/mol. The Bertz CT molecular complexity index is 512. The van der Waals surface area contributed by atoms with Crippen LogP contribution in [0.15, 0.2) is 40.3 Å². The van der Waals surface area contributed by atoms with E-state index in [-0.39, 0.29) is 11.9 Å². The largest absolute Gasteiger partial charge is 0.301 e. The molecule has 5 heteroatoms. The molecule has 0 spiro atoms. The van der Waals surface area contributed by atoms with Gasteiger partial charge in [0, 0.05) is 18.2 Å². The summed E-state index contributed by atoms with van der Waals surface area (Å²) in [7, 11) is 0. The Hall–Kier alpha value is -1.62. The average molecular weight is 259 g/mol. The number of thioether (sulfide) groups is 1. The Labute approximate surface area is 110 Å². The van der Waals surface area contributed by atoms with Gasteiger partial charge >= 0.3 is 0 Å². The second kappa shape index (κ2) is 4.94. The summed E-state index contributed by atoms with van der Waals surface area (Å²) in [5, 5.41) is 3.99. The number of aliphatic imine (C=N–C) groups is 2.